The van der Waals surface area contributed by atoms with E-state index in [-0.39, 0.29) is 5.54 Å². The van der Waals surface area contributed by atoms with Gasteiger partial charge in [0, 0.05) is 23.0 Å². The highest BCUT2D eigenvalue weighted by Gasteiger charge is 2.32. The molecule has 7 heteroatoms. The van der Waals surface area contributed by atoms with E-state index >= 15 is 0 Å². The first-order valence-electron chi connectivity index (χ1n) is 10.6. The molecule has 0 aliphatic heterocycles. The molecule has 1 aliphatic rings. The maximum atomic E-state index is 4.95. The third-order valence-corrected chi connectivity index (χ3v) is 6.12. The van der Waals surface area contributed by atoms with Crippen LogP contribution in [0.5, 0.6) is 0 Å². The molecule has 0 bridgehead atoms. The van der Waals surface area contributed by atoms with Crippen molar-refractivity contribution in [1.82, 2.24) is 34.9 Å². The number of aromatic amines is 1. The van der Waals surface area contributed by atoms with E-state index in [2.05, 4.69) is 34.2 Å². The number of imidazole rings is 1. The zero-order valence-electron chi connectivity index (χ0n) is 17.7. The minimum atomic E-state index is 0.174. The van der Waals surface area contributed by atoms with Crippen molar-refractivity contribution in [2.75, 3.05) is 0 Å². The number of hydrogen-bond acceptors (Lipinski definition) is 5. The summed E-state index contributed by atoms with van der Waals surface area (Å²) in [5.74, 6) is 1.69. The van der Waals surface area contributed by atoms with Gasteiger partial charge in [-0.3, -0.25) is 4.98 Å². The lowest BCUT2D eigenvalue weighted by atomic mass is 9.99. The second-order valence-electron chi connectivity index (χ2n) is 8.81. The fraction of sp³-hybridized carbons (Fsp3) is 0.391. The Labute approximate surface area is 176 Å². The fourth-order valence-corrected chi connectivity index (χ4v) is 4.54. The molecule has 154 valence electrons. The highest BCUT2D eigenvalue weighted by molar-refractivity contribution is 5.77. The molecule has 7 nitrogen and oxygen atoms in total. The smallest absolute Gasteiger partial charge is 0.155 e. The standard InChI is InChI=1S/C23H27N7/c1-15-9-10-23(3,11-15)25-12-19-28-21(17-7-8-20-24-14-26-30(20)13-17)22(29-19)18-6-4-5-16(2)27-18/h4-8,13-15,25H,9-12H2,1-3H3,(H,28,29). The summed E-state index contributed by atoms with van der Waals surface area (Å²) in [4.78, 5) is 17.5. The predicted molar refractivity (Wildman–Crippen MR) is 117 cm³/mol. The minimum Gasteiger partial charge on any atom is -0.340 e. The predicted octanol–water partition coefficient (Wildman–Crippen LogP) is 4.16. The molecule has 2 unspecified atom stereocenters. The van der Waals surface area contributed by atoms with Gasteiger partial charge in [-0.1, -0.05) is 13.0 Å². The molecule has 2 N–H and O–H groups in total. The van der Waals surface area contributed by atoms with Gasteiger partial charge in [0.05, 0.1) is 17.9 Å². The molecule has 0 radical (unpaired) electrons. The van der Waals surface area contributed by atoms with Crippen molar-refractivity contribution in [3.05, 3.63) is 54.4 Å². The first-order chi connectivity index (χ1) is 14.5. The molecular weight excluding hydrogens is 374 g/mol. The van der Waals surface area contributed by atoms with E-state index in [1.807, 2.05) is 43.5 Å². The maximum absolute atomic E-state index is 4.95. The number of hydrogen-bond donors (Lipinski definition) is 2. The van der Waals surface area contributed by atoms with Crippen molar-refractivity contribution in [3.8, 4) is 22.6 Å². The van der Waals surface area contributed by atoms with Crippen molar-refractivity contribution >= 4 is 5.65 Å². The van der Waals surface area contributed by atoms with E-state index < -0.39 is 0 Å². The third kappa shape index (κ3) is 3.61. The molecule has 4 aromatic heterocycles. The van der Waals surface area contributed by atoms with Gasteiger partial charge in [0.25, 0.3) is 0 Å². The first kappa shape index (κ1) is 18.9. The number of aryl methyl sites for hydroxylation is 1. The van der Waals surface area contributed by atoms with Crippen LogP contribution in [-0.2, 0) is 6.54 Å². The van der Waals surface area contributed by atoms with E-state index in [0.717, 1.165) is 45.7 Å². The average molecular weight is 402 g/mol. The summed E-state index contributed by atoms with van der Waals surface area (Å²) in [5.41, 5.74) is 5.65. The maximum Gasteiger partial charge on any atom is 0.155 e. The summed E-state index contributed by atoms with van der Waals surface area (Å²) in [5, 5.41) is 8.02. The highest BCUT2D eigenvalue weighted by Crippen LogP contribution is 2.34. The second-order valence-corrected chi connectivity index (χ2v) is 8.81. The molecule has 4 aromatic rings. The van der Waals surface area contributed by atoms with Crippen LogP contribution in [0.2, 0.25) is 0 Å². The lowest BCUT2D eigenvalue weighted by Crippen LogP contribution is -2.39. The van der Waals surface area contributed by atoms with Crippen molar-refractivity contribution in [1.29, 1.82) is 0 Å². The molecule has 0 amide bonds. The van der Waals surface area contributed by atoms with Crippen LogP contribution in [0.4, 0.5) is 0 Å². The lowest BCUT2D eigenvalue weighted by Gasteiger charge is -2.25. The van der Waals surface area contributed by atoms with E-state index in [1.165, 1.54) is 19.3 Å². The molecule has 2 atom stereocenters. The Bertz CT molecular complexity index is 1190. The fourth-order valence-electron chi connectivity index (χ4n) is 4.54. The number of nitrogens with zero attached hydrogens (tertiary/aromatic N) is 5. The van der Waals surface area contributed by atoms with Crippen molar-refractivity contribution < 1.29 is 0 Å². The van der Waals surface area contributed by atoms with Crippen LogP contribution in [0.1, 0.15) is 44.6 Å². The van der Waals surface area contributed by atoms with Crippen molar-refractivity contribution in [2.24, 2.45) is 5.92 Å². The van der Waals surface area contributed by atoms with E-state index in [0.29, 0.717) is 6.54 Å². The summed E-state index contributed by atoms with van der Waals surface area (Å²) < 4.78 is 1.78. The van der Waals surface area contributed by atoms with Gasteiger partial charge in [0.15, 0.2) is 5.65 Å². The van der Waals surface area contributed by atoms with Gasteiger partial charge in [-0.15, -0.1) is 0 Å². The SMILES string of the molecule is Cc1cccc(-c2nc(CNC3(C)CCC(C)C3)[nH]c2-c2ccc3ncnn3c2)n1. The quantitative estimate of drug-likeness (QED) is 0.525. The van der Waals surface area contributed by atoms with Gasteiger partial charge >= 0.3 is 0 Å². The van der Waals surface area contributed by atoms with Crippen LogP contribution >= 0.6 is 0 Å². The Morgan fingerprint density at radius 1 is 1.23 bits per heavy atom. The van der Waals surface area contributed by atoms with Gasteiger partial charge < -0.3 is 10.3 Å². The van der Waals surface area contributed by atoms with Crippen LogP contribution in [0.25, 0.3) is 28.3 Å². The number of aromatic nitrogens is 6. The van der Waals surface area contributed by atoms with E-state index in [4.69, 9.17) is 9.97 Å². The summed E-state index contributed by atoms with van der Waals surface area (Å²) in [6.07, 6.45) is 7.23. The van der Waals surface area contributed by atoms with Gasteiger partial charge in [0.2, 0.25) is 0 Å². The van der Waals surface area contributed by atoms with E-state index in [1.54, 1.807) is 10.8 Å². The van der Waals surface area contributed by atoms with Gasteiger partial charge in [-0.25, -0.2) is 14.5 Å². The van der Waals surface area contributed by atoms with Gasteiger partial charge in [0.1, 0.15) is 17.8 Å². The second kappa shape index (κ2) is 7.32. The Hall–Kier alpha value is -3.06. The Morgan fingerprint density at radius 3 is 2.93 bits per heavy atom. The van der Waals surface area contributed by atoms with Gasteiger partial charge in [-0.2, -0.15) is 5.10 Å². The highest BCUT2D eigenvalue weighted by atomic mass is 15.3. The Morgan fingerprint density at radius 2 is 2.13 bits per heavy atom. The molecule has 4 heterocycles. The zero-order chi connectivity index (χ0) is 20.7. The Kier molecular flexibility index (Phi) is 4.62. The number of pyridine rings is 2. The first-order valence-corrected chi connectivity index (χ1v) is 10.6. The Balaban J connectivity index is 1.52. The number of fused-ring (bicyclic) bond motifs is 1. The van der Waals surface area contributed by atoms with Crippen LogP contribution in [0.3, 0.4) is 0 Å². The molecule has 1 fully saturated rings. The summed E-state index contributed by atoms with van der Waals surface area (Å²) in [6.45, 7) is 7.36. The summed E-state index contributed by atoms with van der Waals surface area (Å²) >= 11 is 0. The van der Waals surface area contributed by atoms with Crippen molar-refractivity contribution in [2.45, 2.75) is 52.1 Å². The monoisotopic (exact) mass is 401 g/mol. The van der Waals surface area contributed by atoms with Crippen molar-refractivity contribution in [3.63, 3.8) is 0 Å². The molecule has 1 saturated carbocycles. The van der Waals surface area contributed by atoms with Gasteiger partial charge in [-0.05, 0) is 63.3 Å². The van der Waals surface area contributed by atoms with Crippen LogP contribution in [0.15, 0.2) is 42.9 Å². The van der Waals surface area contributed by atoms with Crippen LogP contribution in [-0.4, -0.2) is 35.1 Å². The molecule has 5 rings (SSSR count). The molecule has 30 heavy (non-hydrogen) atoms. The summed E-state index contributed by atoms with van der Waals surface area (Å²) in [7, 11) is 0. The summed E-state index contributed by atoms with van der Waals surface area (Å²) in [6, 6.07) is 10.1. The largest absolute Gasteiger partial charge is 0.340 e. The van der Waals surface area contributed by atoms with E-state index in [9.17, 15) is 0 Å². The molecule has 0 saturated heterocycles. The minimum absolute atomic E-state index is 0.174. The number of H-pyrrole nitrogens is 1. The number of rotatable bonds is 5. The molecule has 0 aromatic carbocycles. The lowest BCUT2D eigenvalue weighted by molar-refractivity contribution is 0.348. The molecule has 0 spiro atoms. The normalized spacial score (nSPS) is 21.5. The molecular formula is C23H27N7. The van der Waals surface area contributed by atoms with Crippen LogP contribution in [0, 0.1) is 12.8 Å². The third-order valence-electron chi connectivity index (χ3n) is 6.12. The average Bonchev–Trinajstić information content (AvgIpc) is 3.44. The topological polar surface area (TPSA) is 83.8 Å². The van der Waals surface area contributed by atoms with Crippen LogP contribution < -0.4 is 5.32 Å². The number of nitrogens with one attached hydrogen (secondary N) is 2. The molecule has 1 aliphatic carbocycles. The zero-order valence-corrected chi connectivity index (χ0v) is 17.7.